The molecule has 1 heterocycles. The number of carbonyl (C=O) groups excluding carboxylic acids is 2. The molecule has 0 saturated heterocycles. The molecule has 0 aliphatic carbocycles. The smallest absolute Gasteiger partial charge is 0.343 e. The molecule has 0 bridgehead atoms. The van der Waals surface area contributed by atoms with E-state index in [9.17, 15) is 9.59 Å². The summed E-state index contributed by atoms with van der Waals surface area (Å²) in [6, 6.07) is 15.2. The van der Waals surface area contributed by atoms with Gasteiger partial charge in [0.1, 0.15) is 5.75 Å². The van der Waals surface area contributed by atoms with Gasteiger partial charge in [-0.15, -0.1) is 0 Å². The maximum atomic E-state index is 12.9. The highest BCUT2D eigenvalue weighted by molar-refractivity contribution is 5.96. The van der Waals surface area contributed by atoms with Crippen LogP contribution in [0.25, 0.3) is 0 Å². The van der Waals surface area contributed by atoms with Crippen molar-refractivity contribution in [2.75, 3.05) is 21.3 Å². The Bertz CT molecular complexity index is 1260. The van der Waals surface area contributed by atoms with Crippen LogP contribution in [0.2, 0.25) is 0 Å². The molecule has 3 aromatic rings. The van der Waals surface area contributed by atoms with E-state index < -0.39 is 5.97 Å². The van der Waals surface area contributed by atoms with E-state index in [1.807, 2.05) is 6.07 Å². The highest BCUT2D eigenvalue weighted by Crippen LogP contribution is 2.38. The van der Waals surface area contributed by atoms with E-state index in [-0.39, 0.29) is 17.2 Å². The maximum Gasteiger partial charge on any atom is 0.343 e. The van der Waals surface area contributed by atoms with E-state index >= 15 is 0 Å². The lowest BCUT2D eigenvalue weighted by Gasteiger charge is -2.14. The van der Waals surface area contributed by atoms with Gasteiger partial charge in [-0.1, -0.05) is 18.2 Å². The minimum atomic E-state index is -0.630. The van der Waals surface area contributed by atoms with E-state index in [1.165, 1.54) is 39.7 Å². The number of para-hydroxylation sites is 1. The van der Waals surface area contributed by atoms with E-state index in [4.69, 9.17) is 23.7 Å². The molecule has 0 unspecified atom stereocenters. The Balaban J connectivity index is 1.48. The fourth-order valence-electron chi connectivity index (χ4n) is 3.58. The topological polar surface area (TPSA) is 105 Å². The molecule has 1 N–H and O–H groups in total. The number of carbonyl (C=O) groups is 2. The number of fused-ring (bicyclic) bond motifs is 1. The monoisotopic (exact) mass is 476 g/mol. The van der Waals surface area contributed by atoms with Crippen LogP contribution < -0.4 is 24.4 Å². The Morgan fingerprint density at radius 3 is 2.29 bits per heavy atom. The lowest BCUT2D eigenvalue weighted by molar-refractivity contribution is 0.0733. The number of nitrogens with zero attached hydrogens (tertiary/aromatic N) is 1. The second-order valence-corrected chi connectivity index (χ2v) is 7.52. The van der Waals surface area contributed by atoms with Crippen molar-refractivity contribution in [2.45, 2.75) is 13.2 Å². The summed E-state index contributed by atoms with van der Waals surface area (Å²) in [5, 5.41) is 4.03. The summed E-state index contributed by atoms with van der Waals surface area (Å²) in [5.41, 5.74) is 5.75. The molecule has 9 nitrogen and oxygen atoms in total. The van der Waals surface area contributed by atoms with Crippen molar-refractivity contribution in [1.29, 1.82) is 0 Å². The first kappa shape index (κ1) is 23.8. The Morgan fingerprint density at radius 2 is 1.57 bits per heavy atom. The van der Waals surface area contributed by atoms with Crippen LogP contribution in [0, 0.1) is 0 Å². The van der Waals surface area contributed by atoms with Crippen LogP contribution in [0.1, 0.15) is 37.4 Å². The highest BCUT2D eigenvalue weighted by Gasteiger charge is 2.19. The Hall–Kier alpha value is -4.37. The van der Waals surface area contributed by atoms with Crippen LogP contribution in [0.5, 0.6) is 23.0 Å². The maximum absolute atomic E-state index is 12.9. The summed E-state index contributed by atoms with van der Waals surface area (Å²) >= 11 is 0. The van der Waals surface area contributed by atoms with E-state index in [2.05, 4.69) is 10.5 Å². The first-order valence-corrected chi connectivity index (χ1v) is 10.7. The van der Waals surface area contributed by atoms with Gasteiger partial charge in [0.25, 0.3) is 5.91 Å². The number of ether oxygens (including phenoxy) is 5. The molecule has 0 aromatic heterocycles. The van der Waals surface area contributed by atoms with Crippen molar-refractivity contribution in [3.63, 3.8) is 0 Å². The van der Waals surface area contributed by atoms with Crippen molar-refractivity contribution in [3.05, 3.63) is 82.4 Å². The number of amides is 1. The first-order chi connectivity index (χ1) is 17.0. The molecule has 180 valence electrons. The molecule has 0 fully saturated rings. The summed E-state index contributed by atoms with van der Waals surface area (Å²) in [5.74, 6) is 0.297. The molecule has 1 aliphatic heterocycles. The van der Waals surface area contributed by atoms with Crippen LogP contribution in [-0.2, 0) is 18.0 Å². The van der Waals surface area contributed by atoms with Gasteiger partial charge in [0.05, 0.1) is 46.3 Å². The minimum Gasteiger partial charge on any atom is -0.493 e. The van der Waals surface area contributed by atoms with Crippen molar-refractivity contribution >= 4 is 18.1 Å². The van der Waals surface area contributed by atoms with Gasteiger partial charge in [0.15, 0.2) is 11.5 Å². The van der Waals surface area contributed by atoms with E-state index in [1.54, 1.807) is 36.4 Å². The lowest BCUT2D eigenvalue weighted by Crippen LogP contribution is -2.18. The van der Waals surface area contributed by atoms with Gasteiger partial charge < -0.3 is 23.7 Å². The number of methoxy groups -OCH3 is 3. The molecule has 35 heavy (non-hydrogen) atoms. The molecular formula is C26H24N2O7. The number of hydrogen-bond donors (Lipinski definition) is 1. The molecule has 9 heteroatoms. The normalized spacial score (nSPS) is 12.2. The first-order valence-electron chi connectivity index (χ1n) is 10.7. The fraction of sp³-hybridized carbons (Fsp3) is 0.192. The van der Waals surface area contributed by atoms with Gasteiger partial charge in [0.2, 0.25) is 5.75 Å². The van der Waals surface area contributed by atoms with E-state index in [0.717, 1.165) is 11.1 Å². The van der Waals surface area contributed by atoms with Crippen molar-refractivity contribution in [3.8, 4) is 23.0 Å². The number of esters is 1. The fourth-order valence-corrected chi connectivity index (χ4v) is 3.58. The summed E-state index contributed by atoms with van der Waals surface area (Å²) in [7, 11) is 4.40. The third-order valence-electron chi connectivity index (χ3n) is 5.38. The number of nitrogens with one attached hydrogen (secondary N) is 1. The molecule has 0 radical (unpaired) electrons. The third kappa shape index (κ3) is 5.25. The van der Waals surface area contributed by atoms with Gasteiger partial charge in [-0.2, -0.15) is 5.10 Å². The average molecular weight is 476 g/mol. The summed E-state index contributed by atoms with van der Waals surface area (Å²) in [4.78, 5) is 25.3. The average Bonchev–Trinajstić information content (AvgIpc) is 3.36. The van der Waals surface area contributed by atoms with Crippen LogP contribution in [-0.4, -0.2) is 39.4 Å². The van der Waals surface area contributed by atoms with Crippen LogP contribution >= 0.6 is 0 Å². The minimum absolute atomic E-state index is 0.208. The molecule has 1 aliphatic rings. The number of hydrazone groups is 1. The van der Waals surface area contributed by atoms with Gasteiger partial charge in [-0.3, -0.25) is 4.79 Å². The van der Waals surface area contributed by atoms with Gasteiger partial charge in [0, 0.05) is 11.1 Å². The molecule has 0 saturated carbocycles. The lowest BCUT2D eigenvalue weighted by atomic mass is 10.1. The van der Waals surface area contributed by atoms with E-state index in [0.29, 0.717) is 41.6 Å². The number of benzene rings is 3. The van der Waals surface area contributed by atoms with Gasteiger partial charge in [-0.25, -0.2) is 10.2 Å². The molecule has 3 aromatic carbocycles. The van der Waals surface area contributed by atoms with Gasteiger partial charge in [-0.05, 0) is 47.5 Å². The SMILES string of the molecule is COc1cc(C(=O)Oc2ccccc2C=NNC(=O)c2ccc3c(c2)COC3)cc(OC)c1OC. The predicted molar refractivity (Wildman–Crippen MR) is 127 cm³/mol. The quantitative estimate of drug-likeness (QED) is 0.229. The van der Waals surface area contributed by atoms with Gasteiger partial charge >= 0.3 is 5.97 Å². The predicted octanol–water partition coefficient (Wildman–Crippen LogP) is 3.73. The van der Waals surface area contributed by atoms with Crippen LogP contribution in [0.3, 0.4) is 0 Å². The van der Waals surface area contributed by atoms with Crippen molar-refractivity contribution in [1.82, 2.24) is 5.43 Å². The highest BCUT2D eigenvalue weighted by atomic mass is 16.5. The van der Waals surface area contributed by atoms with Crippen molar-refractivity contribution < 1.29 is 33.3 Å². The Labute approximate surface area is 202 Å². The van der Waals surface area contributed by atoms with Crippen LogP contribution in [0.4, 0.5) is 0 Å². The summed E-state index contributed by atoms with van der Waals surface area (Å²) in [6.07, 6.45) is 1.41. The zero-order valence-electron chi connectivity index (χ0n) is 19.5. The molecule has 0 atom stereocenters. The summed E-state index contributed by atoms with van der Waals surface area (Å²) in [6.45, 7) is 1.05. The molecule has 0 spiro atoms. The second-order valence-electron chi connectivity index (χ2n) is 7.52. The largest absolute Gasteiger partial charge is 0.493 e. The Morgan fingerprint density at radius 1 is 0.857 bits per heavy atom. The third-order valence-corrected chi connectivity index (χ3v) is 5.38. The zero-order valence-corrected chi connectivity index (χ0v) is 19.5. The molecule has 4 rings (SSSR count). The Kier molecular flexibility index (Phi) is 7.27. The molecule has 1 amide bonds. The number of hydrogen-bond acceptors (Lipinski definition) is 8. The number of rotatable bonds is 8. The second kappa shape index (κ2) is 10.7. The van der Waals surface area contributed by atoms with Crippen LogP contribution in [0.15, 0.2) is 59.7 Å². The van der Waals surface area contributed by atoms with Crippen molar-refractivity contribution in [2.24, 2.45) is 5.10 Å². The zero-order chi connectivity index (χ0) is 24.8. The standard InChI is InChI=1S/C26H24N2O7/c1-31-22-11-19(12-23(32-2)24(22)33-3)26(30)35-21-7-5-4-6-17(21)13-27-28-25(29)16-8-9-18-14-34-15-20(18)10-16/h4-13H,14-15H2,1-3H3,(H,28,29). The summed E-state index contributed by atoms with van der Waals surface area (Å²) < 4.78 is 26.9. The molecular weight excluding hydrogens is 452 g/mol.